The zero-order chi connectivity index (χ0) is 15.7. The van der Waals surface area contributed by atoms with Crippen LogP contribution >= 0.6 is 0 Å². The SMILES string of the molecule is CS(=O)(=O)CCCNC(=O)c1ccccc1C#CCCO. The third-order valence-corrected chi connectivity index (χ3v) is 3.64. The van der Waals surface area contributed by atoms with E-state index in [1.165, 1.54) is 6.26 Å². The molecule has 1 rings (SSSR count). The van der Waals surface area contributed by atoms with Crippen LogP contribution in [0.3, 0.4) is 0 Å². The minimum absolute atomic E-state index is 0.0210. The highest BCUT2D eigenvalue weighted by Crippen LogP contribution is 2.07. The molecule has 0 atom stereocenters. The molecule has 1 aromatic carbocycles. The number of aliphatic hydroxyl groups is 1. The molecule has 2 N–H and O–H groups in total. The molecule has 114 valence electrons. The number of benzene rings is 1. The van der Waals surface area contributed by atoms with Crippen LogP contribution in [0.5, 0.6) is 0 Å². The summed E-state index contributed by atoms with van der Waals surface area (Å²) in [4.78, 5) is 12.0. The maximum atomic E-state index is 12.0. The average molecular weight is 309 g/mol. The first-order valence-corrected chi connectivity index (χ1v) is 8.65. The highest BCUT2D eigenvalue weighted by atomic mass is 32.2. The van der Waals surface area contributed by atoms with E-state index in [4.69, 9.17) is 5.11 Å². The topological polar surface area (TPSA) is 83.5 Å². The largest absolute Gasteiger partial charge is 0.395 e. The van der Waals surface area contributed by atoms with Crippen molar-refractivity contribution in [1.29, 1.82) is 0 Å². The number of amides is 1. The van der Waals surface area contributed by atoms with E-state index >= 15 is 0 Å². The molecule has 1 aromatic rings. The molecule has 0 saturated heterocycles. The van der Waals surface area contributed by atoms with E-state index in [0.29, 0.717) is 30.5 Å². The van der Waals surface area contributed by atoms with Crippen LogP contribution in [0.2, 0.25) is 0 Å². The fourth-order valence-corrected chi connectivity index (χ4v) is 2.30. The molecule has 0 fully saturated rings. The molecule has 0 heterocycles. The molecule has 0 aliphatic heterocycles. The van der Waals surface area contributed by atoms with E-state index in [0.717, 1.165) is 0 Å². The summed E-state index contributed by atoms with van der Waals surface area (Å²) in [6, 6.07) is 6.91. The van der Waals surface area contributed by atoms with Crippen molar-refractivity contribution in [1.82, 2.24) is 5.32 Å². The molecule has 5 nitrogen and oxygen atoms in total. The lowest BCUT2D eigenvalue weighted by Gasteiger charge is -2.06. The van der Waals surface area contributed by atoms with Crippen molar-refractivity contribution >= 4 is 15.7 Å². The summed E-state index contributed by atoms with van der Waals surface area (Å²) in [6.45, 7) is 0.275. The first-order valence-electron chi connectivity index (χ1n) is 6.59. The molecule has 1 amide bonds. The minimum atomic E-state index is -3.01. The number of rotatable bonds is 6. The van der Waals surface area contributed by atoms with Crippen molar-refractivity contribution in [3.8, 4) is 11.8 Å². The number of sulfone groups is 1. The van der Waals surface area contributed by atoms with Gasteiger partial charge in [-0.3, -0.25) is 4.79 Å². The average Bonchev–Trinajstić information content (AvgIpc) is 2.43. The Balaban J connectivity index is 2.64. The Bertz CT molecular complexity index is 641. The Labute approximate surface area is 125 Å². The van der Waals surface area contributed by atoms with Crippen LogP contribution in [0.25, 0.3) is 0 Å². The van der Waals surface area contributed by atoms with E-state index in [2.05, 4.69) is 17.2 Å². The summed E-state index contributed by atoms with van der Waals surface area (Å²) in [5.74, 6) is 5.38. The lowest BCUT2D eigenvalue weighted by Crippen LogP contribution is -2.26. The van der Waals surface area contributed by atoms with E-state index in [9.17, 15) is 13.2 Å². The van der Waals surface area contributed by atoms with Gasteiger partial charge in [-0.15, -0.1) is 0 Å². The molecule has 0 saturated carbocycles. The van der Waals surface area contributed by atoms with Crippen LogP contribution in [0, 0.1) is 11.8 Å². The quantitative estimate of drug-likeness (QED) is 0.595. The van der Waals surface area contributed by atoms with Gasteiger partial charge < -0.3 is 10.4 Å². The molecule has 6 heteroatoms. The molecule has 0 aliphatic carbocycles. The molecule has 0 bridgehead atoms. The predicted molar refractivity (Wildman–Crippen MR) is 81.7 cm³/mol. The molecule has 0 aromatic heterocycles. The maximum absolute atomic E-state index is 12.0. The van der Waals surface area contributed by atoms with E-state index in [1.807, 2.05) is 0 Å². The van der Waals surface area contributed by atoms with Crippen LogP contribution in [-0.4, -0.2) is 44.6 Å². The molecule has 0 aliphatic rings. The standard InChI is InChI=1S/C15H19NO4S/c1-21(19,20)12-6-10-16-15(18)14-9-3-2-7-13(14)8-4-5-11-17/h2-3,7,9,17H,5-6,10-12H2,1H3,(H,16,18). The van der Waals surface area contributed by atoms with Gasteiger partial charge in [-0.2, -0.15) is 0 Å². The Morgan fingerprint density at radius 2 is 2.05 bits per heavy atom. The van der Waals surface area contributed by atoms with Crippen molar-refractivity contribution in [3.63, 3.8) is 0 Å². The lowest BCUT2D eigenvalue weighted by molar-refractivity contribution is 0.0953. The molecule has 21 heavy (non-hydrogen) atoms. The number of hydrogen-bond donors (Lipinski definition) is 2. The van der Waals surface area contributed by atoms with E-state index in [-0.39, 0.29) is 18.3 Å². The Hall–Kier alpha value is -1.84. The predicted octanol–water partition coefficient (Wildman–Crippen LogP) is 0.585. The highest BCUT2D eigenvalue weighted by molar-refractivity contribution is 7.90. The fraction of sp³-hybridized carbons (Fsp3) is 0.400. The van der Waals surface area contributed by atoms with Gasteiger partial charge in [-0.05, 0) is 18.6 Å². The number of hydrogen-bond acceptors (Lipinski definition) is 4. The van der Waals surface area contributed by atoms with Gasteiger partial charge in [0.25, 0.3) is 5.91 Å². The van der Waals surface area contributed by atoms with Gasteiger partial charge in [-0.25, -0.2) is 8.42 Å². The second-order valence-electron chi connectivity index (χ2n) is 4.56. The van der Waals surface area contributed by atoms with E-state index < -0.39 is 9.84 Å². The van der Waals surface area contributed by atoms with Gasteiger partial charge in [0.05, 0.1) is 17.9 Å². The summed E-state index contributed by atoms with van der Waals surface area (Å²) in [7, 11) is -3.01. The van der Waals surface area contributed by atoms with Crippen LogP contribution < -0.4 is 5.32 Å². The fourth-order valence-electron chi connectivity index (χ4n) is 1.64. The van der Waals surface area contributed by atoms with Gasteiger partial charge >= 0.3 is 0 Å². The van der Waals surface area contributed by atoms with Crippen molar-refractivity contribution in [2.24, 2.45) is 0 Å². The first-order chi connectivity index (χ1) is 9.94. The molecule has 0 radical (unpaired) electrons. The second kappa shape index (κ2) is 8.45. The van der Waals surface area contributed by atoms with Crippen molar-refractivity contribution in [2.75, 3.05) is 25.2 Å². The summed E-state index contributed by atoms with van der Waals surface area (Å²) in [5, 5.41) is 11.4. The van der Waals surface area contributed by atoms with Gasteiger partial charge in [0.15, 0.2) is 0 Å². The highest BCUT2D eigenvalue weighted by Gasteiger charge is 2.09. The van der Waals surface area contributed by atoms with Crippen LogP contribution in [0.15, 0.2) is 24.3 Å². The lowest BCUT2D eigenvalue weighted by atomic mass is 10.1. The van der Waals surface area contributed by atoms with E-state index in [1.54, 1.807) is 24.3 Å². The number of aliphatic hydroxyl groups excluding tert-OH is 1. The normalized spacial score (nSPS) is 10.6. The third kappa shape index (κ3) is 6.93. The van der Waals surface area contributed by atoms with Crippen LogP contribution in [-0.2, 0) is 9.84 Å². The van der Waals surface area contributed by atoms with Crippen molar-refractivity contribution in [2.45, 2.75) is 12.8 Å². The van der Waals surface area contributed by atoms with Gasteiger partial charge in [0.2, 0.25) is 0 Å². The molecular formula is C15H19NO4S. The molecule has 0 spiro atoms. The molecule has 0 unspecified atom stereocenters. The van der Waals surface area contributed by atoms with Gasteiger partial charge in [0, 0.05) is 24.8 Å². The third-order valence-electron chi connectivity index (χ3n) is 2.61. The Morgan fingerprint density at radius 3 is 2.71 bits per heavy atom. The minimum Gasteiger partial charge on any atom is -0.395 e. The summed E-state index contributed by atoms with van der Waals surface area (Å²) < 4.78 is 22.0. The Morgan fingerprint density at radius 1 is 1.33 bits per heavy atom. The number of nitrogens with one attached hydrogen (secondary N) is 1. The Kier molecular flexibility index (Phi) is 6.92. The zero-order valence-electron chi connectivity index (χ0n) is 11.9. The second-order valence-corrected chi connectivity index (χ2v) is 6.82. The zero-order valence-corrected chi connectivity index (χ0v) is 12.7. The van der Waals surface area contributed by atoms with Crippen molar-refractivity contribution < 1.29 is 18.3 Å². The van der Waals surface area contributed by atoms with Crippen LogP contribution in [0.1, 0.15) is 28.8 Å². The summed E-state index contributed by atoms with van der Waals surface area (Å²) >= 11 is 0. The van der Waals surface area contributed by atoms with Gasteiger partial charge in [-0.1, -0.05) is 24.0 Å². The maximum Gasteiger partial charge on any atom is 0.252 e. The smallest absolute Gasteiger partial charge is 0.252 e. The summed E-state index contributed by atoms with van der Waals surface area (Å²) in [5.41, 5.74) is 1.04. The first kappa shape index (κ1) is 17.2. The van der Waals surface area contributed by atoms with Crippen molar-refractivity contribution in [3.05, 3.63) is 35.4 Å². The summed E-state index contributed by atoms with van der Waals surface area (Å²) in [6.07, 6.45) is 1.90. The monoisotopic (exact) mass is 309 g/mol. The van der Waals surface area contributed by atoms with Crippen LogP contribution in [0.4, 0.5) is 0 Å². The van der Waals surface area contributed by atoms with Gasteiger partial charge in [0.1, 0.15) is 9.84 Å². The molecular weight excluding hydrogens is 290 g/mol. The number of carbonyl (C=O) groups excluding carboxylic acids is 1. The number of carbonyl (C=O) groups is 1.